The summed E-state index contributed by atoms with van der Waals surface area (Å²) in [7, 11) is -1.88. The van der Waals surface area contributed by atoms with E-state index < -0.39 is 10.2 Å². The van der Waals surface area contributed by atoms with Gasteiger partial charge in [0.2, 0.25) is 0 Å². The molecular formula is C13H25N3O4S. The predicted molar refractivity (Wildman–Crippen MR) is 78.9 cm³/mol. The van der Waals surface area contributed by atoms with Crippen LogP contribution in [0.3, 0.4) is 0 Å². The van der Waals surface area contributed by atoms with Gasteiger partial charge >= 0.3 is 5.97 Å². The van der Waals surface area contributed by atoms with Crippen molar-refractivity contribution >= 4 is 16.2 Å². The van der Waals surface area contributed by atoms with Crippen LogP contribution in [0.25, 0.3) is 0 Å². The number of carbonyl (C=O) groups excluding carboxylic acids is 1. The zero-order chi connectivity index (χ0) is 15.5. The molecule has 2 heterocycles. The Kier molecular flexibility index (Phi) is 5.59. The molecule has 2 unspecified atom stereocenters. The molecule has 21 heavy (non-hydrogen) atoms. The molecular weight excluding hydrogens is 294 g/mol. The van der Waals surface area contributed by atoms with Crippen LogP contribution in [0.1, 0.15) is 26.2 Å². The molecule has 2 aliphatic rings. The number of nitrogens with zero attached hydrogens (tertiary/aromatic N) is 2. The zero-order valence-electron chi connectivity index (χ0n) is 12.7. The number of hydrogen-bond acceptors (Lipinski definition) is 5. The van der Waals surface area contributed by atoms with Crippen LogP contribution in [-0.4, -0.2) is 68.9 Å². The number of likely N-dealkylation sites (N-methyl/N-ethyl adjacent to an activating group) is 1. The molecule has 1 N–H and O–H groups in total. The van der Waals surface area contributed by atoms with Gasteiger partial charge in [0, 0.05) is 32.7 Å². The normalized spacial score (nSPS) is 28.0. The van der Waals surface area contributed by atoms with Gasteiger partial charge in [0.15, 0.2) is 0 Å². The lowest BCUT2D eigenvalue weighted by molar-refractivity contribution is -0.149. The molecule has 8 heteroatoms. The zero-order valence-corrected chi connectivity index (χ0v) is 13.6. The van der Waals surface area contributed by atoms with Crippen molar-refractivity contribution in [3.63, 3.8) is 0 Å². The van der Waals surface area contributed by atoms with Crippen molar-refractivity contribution in [1.82, 2.24) is 13.9 Å². The summed E-state index contributed by atoms with van der Waals surface area (Å²) in [6.07, 6.45) is 2.21. The van der Waals surface area contributed by atoms with E-state index in [2.05, 4.69) is 5.32 Å². The quantitative estimate of drug-likeness (QED) is 0.710. The monoisotopic (exact) mass is 319 g/mol. The smallest absolute Gasteiger partial charge is 0.310 e. The van der Waals surface area contributed by atoms with E-state index in [0.29, 0.717) is 32.5 Å². The van der Waals surface area contributed by atoms with Gasteiger partial charge in [-0.2, -0.15) is 17.0 Å². The van der Waals surface area contributed by atoms with Crippen molar-refractivity contribution in [2.75, 3.05) is 39.8 Å². The van der Waals surface area contributed by atoms with Crippen molar-refractivity contribution in [3.05, 3.63) is 0 Å². The second-order valence-electron chi connectivity index (χ2n) is 5.62. The summed E-state index contributed by atoms with van der Waals surface area (Å²) in [5.74, 6) is -0.633. The molecule has 0 aliphatic carbocycles. The minimum atomic E-state index is -3.51. The molecule has 2 aliphatic heterocycles. The molecule has 2 rings (SSSR count). The lowest BCUT2D eigenvalue weighted by Gasteiger charge is -2.35. The van der Waals surface area contributed by atoms with E-state index in [4.69, 9.17) is 4.74 Å². The first-order chi connectivity index (χ1) is 9.96. The van der Waals surface area contributed by atoms with Gasteiger partial charge in [-0.1, -0.05) is 0 Å². The molecule has 7 nitrogen and oxygen atoms in total. The molecule has 122 valence electrons. The van der Waals surface area contributed by atoms with Crippen molar-refractivity contribution in [2.24, 2.45) is 5.92 Å². The topological polar surface area (TPSA) is 79.0 Å². The standard InChI is InChI=1S/C13H25N3O4S/c1-3-20-13(17)11-5-4-8-16(10-11)21(18,19)15(2)12-6-7-14-9-12/h11-12,14H,3-10H2,1-2H3. The van der Waals surface area contributed by atoms with E-state index >= 15 is 0 Å². The van der Waals surface area contributed by atoms with Gasteiger partial charge in [-0.15, -0.1) is 0 Å². The average Bonchev–Trinajstić information content (AvgIpc) is 3.01. The Hall–Kier alpha value is -0.700. The number of nitrogens with one attached hydrogen (secondary N) is 1. The molecule has 0 aromatic heterocycles. The Morgan fingerprint density at radius 3 is 2.81 bits per heavy atom. The molecule has 0 aromatic carbocycles. The molecule has 2 atom stereocenters. The highest BCUT2D eigenvalue weighted by atomic mass is 32.2. The third-order valence-electron chi connectivity index (χ3n) is 4.24. The first-order valence-corrected chi connectivity index (χ1v) is 8.97. The van der Waals surface area contributed by atoms with Crippen LogP contribution in [0.5, 0.6) is 0 Å². The molecule has 2 saturated heterocycles. The Labute approximate surface area is 126 Å². The summed E-state index contributed by atoms with van der Waals surface area (Å²) < 4.78 is 33.2. The number of hydrogen-bond donors (Lipinski definition) is 1. The van der Waals surface area contributed by atoms with Gasteiger partial charge in [-0.3, -0.25) is 4.79 Å². The molecule has 0 radical (unpaired) electrons. The lowest BCUT2D eigenvalue weighted by atomic mass is 10.0. The van der Waals surface area contributed by atoms with E-state index in [1.807, 2.05) is 0 Å². The van der Waals surface area contributed by atoms with Gasteiger partial charge in [-0.05, 0) is 32.7 Å². The Bertz CT molecular complexity index is 462. The summed E-state index contributed by atoms with van der Waals surface area (Å²) in [5.41, 5.74) is 0. The van der Waals surface area contributed by atoms with Crippen LogP contribution >= 0.6 is 0 Å². The highest BCUT2D eigenvalue weighted by molar-refractivity contribution is 7.86. The van der Waals surface area contributed by atoms with E-state index in [1.54, 1.807) is 14.0 Å². The number of carbonyl (C=O) groups is 1. The molecule has 2 fully saturated rings. The van der Waals surface area contributed by atoms with Crippen LogP contribution < -0.4 is 5.32 Å². The van der Waals surface area contributed by atoms with E-state index in [9.17, 15) is 13.2 Å². The number of ether oxygens (including phenoxy) is 1. The summed E-state index contributed by atoms with van der Waals surface area (Å²) in [6.45, 7) is 4.32. The second-order valence-corrected chi connectivity index (χ2v) is 7.61. The SMILES string of the molecule is CCOC(=O)C1CCCN(S(=O)(=O)N(C)C2CCNC2)C1. The van der Waals surface area contributed by atoms with Gasteiger partial charge < -0.3 is 10.1 Å². The van der Waals surface area contributed by atoms with Crippen LogP contribution in [0.4, 0.5) is 0 Å². The Morgan fingerprint density at radius 2 is 2.19 bits per heavy atom. The fraction of sp³-hybridized carbons (Fsp3) is 0.923. The first kappa shape index (κ1) is 16.7. The fourth-order valence-corrected chi connectivity index (χ4v) is 4.57. The van der Waals surface area contributed by atoms with Crippen molar-refractivity contribution < 1.29 is 17.9 Å². The van der Waals surface area contributed by atoms with Crippen molar-refractivity contribution in [2.45, 2.75) is 32.2 Å². The highest BCUT2D eigenvalue weighted by Crippen LogP contribution is 2.23. The van der Waals surface area contributed by atoms with Gasteiger partial charge in [0.1, 0.15) is 0 Å². The molecule has 0 bridgehead atoms. The number of rotatable bonds is 5. The molecule has 0 saturated carbocycles. The lowest BCUT2D eigenvalue weighted by Crippen LogP contribution is -2.51. The molecule has 0 amide bonds. The van der Waals surface area contributed by atoms with E-state index in [1.165, 1.54) is 8.61 Å². The van der Waals surface area contributed by atoms with E-state index in [0.717, 1.165) is 13.0 Å². The third-order valence-corrected chi connectivity index (χ3v) is 6.25. The number of esters is 1. The van der Waals surface area contributed by atoms with Gasteiger partial charge in [0.25, 0.3) is 10.2 Å². The maximum Gasteiger partial charge on any atom is 0.310 e. The maximum atomic E-state index is 12.7. The highest BCUT2D eigenvalue weighted by Gasteiger charge is 2.38. The Balaban J connectivity index is 2.03. The Morgan fingerprint density at radius 1 is 1.43 bits per heavy atom. The summed E-state index contributed by atoms with van der Waals surface area (Å²) in [4.78, 5) is 11.8. The van der Waals surface area contributed by atoms with Crippen LogP contribution in [0.15, 0.2) is 0 Å². The van der Waals surface area contributed by atoms with E-state index in [-0.39, 0.29) is 24.5 Å². The number of piperidine rings is 1. The third kappa shape index (κ3) is 3.74. The average molecular weight is 319 g/mol. The van der Waals surface area contributed by atoms with Crippen LogP contribution in [-0.2, 0) is 19.7 Å². The summed E-state index contributed by atoms with van der Waals surface area (Å²) >= 11 is 0. The predicted octanol–water partition coefficient (Wildman–Crippen LogP) is -0.200. The molecule has 0 aromatic rings. The fourth-order valence-electron chi connectivity index (χ4n) is 2.92. The summed E-state index contributed by atoms with van der Waals surface area (Å²) in [6, 6.07) is -0.00188. The minimum absolute atomic E-state index is 0.00188. The van der Waals surface area contributed by atoms with Crippen LogP contribution in [0, 0.1) is 5.92 Å². The van der Waals surface area contributed by atoms with Gasteiger partial charge in [-0.25, -0.2) is 0 Å². The minimum Gasteiger partial charge on any atom is -0.466 e. The van der Waals surface area contributed by atoms with Crippen molar-refractivity contribution in [3.8, 4) is 0 Å². The maximum absolute atomic E-state index is 12.7. The largest absolute Gasteiger partial charge is 0.466 e. The second kappa shape index (κ2) is 7.04. The van der Waals surface area contributed by atoms with Crippen LogP contribution in [0.2, 0.25) is 0 Å². The van der Waals surface area contributed by atoms with Crippen molar-refractivity contribution in [1.29, 1.82) is 0 Å². The van der Waals surface area contributed by atoms with Gasteiger partial charge in [0.05, 0.1) is 12.5 Å². The summed E-state index contributed by atoms with van der Waals surface area (Å²) in [5, 5.41) is 3.17. The molecule has 0 spiro atoms. The first-order valence-electron chi connectivity index (χ1n) is 7.57.